The van der Waals surface area contributed by atoms with Crippen LogP contribution in [0.2, 0.25) is 0 Å². The molecule has 1 saturated carbocycles. The second-order valence-corrected chi connectivity index (χ2v) is 6.06. The van der Waals surface area contributed by atoms with Crippen LogP contribution in [-0.2, 0) is 4.74 Å². The molecule has 1 aliphatic rings. The van der Waals surface area contributed by atoms with Gasteiger partial charge in [0.25, 0.3) is 0 Å². The van der Waals surface area contributed by atoms with Gasteiger partial charge in [0.05, 0.1) is 19.3 Å². The van der Waals surface area contributed by atoms with Gasteiger partial charge in [-0.1, -0.05) is 35.2 Å². The standard InChI is InChI=1S/C16H21BrO3/c1-19-15(18)13-5-7-14(8-6-13)20-12-16(11-17)9-3-2-4-10-16/h5-8H,2-4,9-12H2,1H3. The van der Waals surface area contributed by atoms with Crippen molar-refractivity contribution in [3.8, 4) is 5.75 Å². The van der Waals surface area contributed by atoms with Crippen molar-refractivity contribution >= 4 is 21.9 Å². The third-order valence-corrected chi connectivity index (χ3v) is 5.21. The quantitative estimate of drug-likeness (QED) is 0.595. The normalized spacial score (nSPS) is 17.5. The van der Waals surface area contributed by atoms with Gasteiger partial charge in [-0.2, -0.15) is 0 Å². The largest absolute Gasteiger partial charge is 0.493 e. The van der Waals surface area contributed by atoms with E-state index >= 15 is 0 Å². The monoisotopic (exact) mass is 340 g/mol. The van der Waals surface area contributed by atoms with Crippen LogP contribution in [0.15, 0.2) is 24.3 Å². The van der Waals surface area contributed by atoms with E-state index in [1.165, 1.54) is 39.2 Å². The number of alkyl halides is 1. The van der Waals surface area contributed by atoms with Gasteiger partial charge < -0.3 is 9.47 Å². The van der Waals surface area contributed by atoms with Gasteiger partial charge >= 0.3 is 5.97 Å². The van der Waals surface area contributed by atoms with Crippen molar-refractivity contribution in [1.82, 2.24) is 0 Å². The van der Waals surface area contributed by atoms with E-state index < -0.39 is 0 Å². The van der Waals surface area contributed by atoms with Crippen molar-refractivity contribution < 1.29 is 14.3 Å². The van der Waals surface area contributed by atoms with Crippen LogP contribution in [0, 0.1) is 5.41 Å². The summed E-state index contributed by atoms with van der Waals surface area (Å²) in [7, 11) is 1.38. The molecular weight excluding hydrogens is 320 g/mol. The van der Waals surface area contributed by atoms with Crippen molar-refractivity contribution in [2.45, 2.75) is 32.1 Å². The van der Waals surface area contributed by atoms with Gasteiger partial charge in [0, 0.05) is 10.7 Å². The smallest absolute Gasteiger partial charge is 0.337 e. The predicted molar refractivity (Wildman–Crippen MR) is 82.6 cm³/mol. The van der Waals surface area contributed by atoms with E-state index in [9.17, 15) is 4.79 Å². The molecule has 1 fully saturated rings. The number of ether oxygens (including phenoxy) is 2. The average molecular weight is 341 g/mol. The van der Waals surface area contributed by atoms with Crippen molar-refractivity contribution in [2.24, 2.45) is 5.41 Å². The fraction of sp³-hybridized carbons (Fsp3) is 0.562. The van der Waals surface area contributed by atoms with E-state index in [1.807, 2.05) is 12.1 Å². The molecule has 1 aromatic carbocycles. The Bertz CT molecular complexity index is 436. The summed E-state index contributed by atoms with van der Waals surface area (Å²) in [5.41, 5.74) is 0.812. The van der Waals surface area contributed by atoms with Crippen LogP contribution < -0.4 is 4.74 Å². The van der Waals surface area contributed by atoms with E-state index in [2.05, 4.69) is 20.7 Å². The molecule has 0 spiro atoms. The van der Waals surface area contributed by atoms with Gasteiger partial charge in [-0.15, -0.1) is 0 Å². The molecule has 0 aromatic heterocycles. The third kappa shape index (κ3) is 3.75. The number of hydrogen-bond donors (Lipinski definition) is 0. The van der Waals surface area contributed by atoms with Crippen LogP contribution in [0.5, 0.6) is 5.75 Å². The van der Waals surface area contributed by atoms with Gasteiger partial charge in [-0.3, -0.25) is 0 Å². The first-order valence-corrected chi connectivity index (χ1v) is 8.18. The van der Waals surface area contributed by atoms with Crippen LogP contribution in [0.4, 0.5) is 0 Å². The molecule has 20 heavy (non-hydrogen) atoms. The lowest BCUT2D eigenvalue weighted by molar-refractivity contribution is 0.0600. The summed E-state index contributed by atoms with van der Waals surface area (Å²) < 4.78 is 10.6. The molecule has 1 aliphatic carbocycles. The first-order chi connectivity index (χ1) is 9.69. The zero-order chi connectivity index (χ0) is 14.4. The van der Waals surface area contributed by atoms with Crippen molar-refractivity contribution in [1.29, 1.82) is 0 Å². The molecule has 2 rings (SSSR count). The summed E-state index contributed by atoms with van der Waals surface area (Å²) in [6.45, 7) is 0.732. The average Bonchev–Trinajstić information content (AvgIpc) is 2.53. The Morgan fingerprint density at radius 1 is 1.20 bits per heavy atom. The molecule has 0 bridgehead atoms. The van der Waals surface area contributed by atoms with E-state index in [-0.39, 0.29) is 11.4 Å². The van der Waals surface area contributed by atoms with Gasteiger partial charge in [-0.05, 0) is 37.1 Å². The van der Waals surface area contributed by atoms with E-state index in [1.54, 1.807) is 12.1 Å². The summed E-state index contributed by atoms with van der Waals surface area (Å²) >= 11 is 3.64. The number of halogens is 1. The summed E-state index contributed by atoms with van der Waals surface area (Å²) in [5, 5.41) is 0.986. The summed E-state index contributed by atoms with van der Waals surface area (Å²) in [6.07, 6.45) is 6.35. The molecule has 0 saturated heterocycles. The zero-order valence-corrected chi connectivity index (χ0v) is 13.4. The highest BCUT2D eigenvalue weighted by atomic mass is 79.9. The molecule has 1 aromatic rings. The van der Waals surface area contributed by atoms with Crippen LogP contribution in [-0.4, -0.2) is 25.0 Å². The highest BCUT2D eigenvalue weighted by molar-refractivity contribution is 9.09. The Balaban J connectivity index is 1.94. The zero-order valence-electron chi connectivity index (χ0n) is 11.9. The lowest BCUT2D eigenvalue weighted by atomic mass is 9.76. The predicted octanol–water partition coefficient (Wildman–Crippen LogP) is 4.20. The lowest BCUT2D eigenvalue weighted by Gasteiger charge is -2.35. The Hall–Kier alpha value is -1.03. The fourth-order valence-corrected chi connectivity index (χ4v) is 3.38. The maximum atomic E-state index is 11.4. The number of benzene rings is 1. The molecule has 0 unspecified atom stereocenters. The molecule has 0 atom stereocenters. The van der Waals surface area contributed by atoms with Crippen molar-refractivity contribution in [2.75, 3.05) is 19.0 Å². The van der Waals surface area contributed by atoms with Gasteiger partial charge in [-0.25, -0.2) is 4.79 Å². The Kier molecular flexibility index (Phi) is 5.46. The molecular formula is C16H21BrO3. The SMILES string of the molecule is COC(=O)c1ccc(OCC2(CBr)CCCCC2)cc1. The number of hydrogen-bond acceptors (Lipinski definition) is 3. The second-order valence-electron chi connectivity index (χ2n) is 5.50. The minimum Gasteiger partial charge on any atom is -0.493 e. The summed E-state index contributed by atoms with van der Waals surface area (Å²) in [4.78, 5) is 11.4. The highest BCUT2D eigenvalue weighted by Gasteiger charge is 2.31. The van der Waals surface area contributed by atoms with Crippen LogP contribution in [0.25, 0.3) is 0 Å². The van der Waals surface area contributed by atoms with E-state index in [4.69, 9.17) is 4.74 Å². The molecule has 0 radical (unpaired) electrons. The van der Waals surface area contributed by atoms with Crippen molar-refractivity contribution in [3.63, 3.8) is 0 Å². The minimum atomic E-state index is -0.319. The highest BCUT2D eigenvalue weighted by Crippen LogP contribution is 2.38. The third-order valence-electron chi connectivity index (χ3n) is 4.02. The Morgan fingerprint density at radius 2 is 1.85 bits per heavy atom. The molecule has 110 valence electrons. The maximum absolute atomic E-state index is 11.4. The summed E-state index contributed by atoms with van der Waals surface area (Å²) in [5.74, 6) is 0.490. The Labute approximate surface area is 128 Å². The van der Waals surface area contributed by atoms with Gasteiger partial charge in [0.1, 0.15) is 5.75 Å². The van der Waals surface area contributed by atoms with Crippen LogP contribution in [0.1, 0.15) is 42.5 Å². The topological polar surface area (TPSA) is 35.5 Å². The van der Waals surface area contributed by atoms with E-state index in [0.29, 0.717) is 5.56 Å². The first-order valence-electron chi connectivity index (χ1n) is 7.06. The number of esters is 1. The van der Waals surface area contributed by atoms with Crippen LogP contribution >= 0.6 is 15.9 Å². The number of carbonyl (C=O) groups is 1. The van der Waals surface area contributed by atoms with Crippen molar-refractivity contribution in [3.05, 3.63) is 29.8 Å². The van der Waals surface area contributed by atoms with Gasteiger partial charge in [0.15, 0.2) is 0 Å². The number of carbonyl (C=O) groups excluding carboxylic acids is 1. The molecule has 0 heterocycles. The number of methoxy groups -OCH3 is 1. The molecule has 0 aliphatic heterocycles. The maximum Gasteiger partial charge on any atom is 0.337 e. The molecule has 0 N–H and O–H groups in total. The lowest BCUT2D eigenvalue weighted by Crippen LogP contribution is -2.32. The van der Waals surface area contributed by atoms with Crippen LogP contribution in [0.3, 0.4) is 0 Å². The summed E-state index contributed by atoms with van der Waals surface area (Å²) in [6, 6.07) is 7.14. The molecule has 3 nitrogen and oxygen atoms in total. The second kappa shape index (κ2) is 7.11. The minimum absolute atomic E-state index is 0.263. The molecule has 4 heteroatoms. The Morgan fingerprint density at radius 3 is 2.40 bits per heavy atom. The molecule has 0 amide bonds. The van der Waals surface area contributed by atoms with Gasteiger partial charge in [0.2, 0.25) is 0 Å². The number of rotatable bonds is 5. The van der Waals surface area contributed by atoms with E-state index in [0.717, 1.165) is 17.7 Å². The first kappa shape index (κ1) is 15.4. The fourth-order valence-electron chi connectivity index (χ4n) is 2.66.